The zero-order chi connectivity index (χ0) is 13.1. The van der Waals surface area contributed by atoms with E-state index in [1.807, 2.05) is 6.07 Å². The molecule has 1 aromatic carbocycles. The van der Waals surface area contributed by atoms with Crippen LogP contribution in [0.5, 0.6) is 0 Å². The first-order valence-electron chi connectivity index (χ1n) is 6.26. The molecule has 3 atom stereocenters. The van der Waals surface area contributed by atoms with Gasteiger partial charge in [0.15, 0.2) is 0 Å². The zero-order valence-electron chi connectivity index (χ0n) is 10.4. The van der Waals surface area contributed by atoms with E-state index in [0.717, 1.165) is 0 Å². The molecule has 0 radical (unpaired) electrons. The molecule has 0 saturated carbocycles. The van der Waals surface area contributed by atoms with Crippen LogP contribution < -0.4 is 0 Å². The molecule has 0 bridgehead atoms. The minimum atomic E-state index is -1.11. The molecule has 1 N–H and O–H groups in total. The average molecular weight is 251 g/mol. The number of halogens is 1. The predicted molar refractivity (Wildman–Crippen MR) is 67.0 cm³/mol. The molecule has 1 aliphatic heterocycles. The van der Waals surface area contributed by atoms with Crippen molar-refractivity contribution in [3.05, 3.63) is 35.9 Å². The second-order valence-electron chi connectivity index (χ2n) is 4.81. The van der Waals surface area contributed by atoms with E-state index in [-0.39, 0.29) is 12.5 Å². The van der Waals surface area contributed by atoms with E-state index in [0.29, 0.717) is 18.5 Å². The molecule has 1 amide bonds. The summed E-state index contributed by atoms with van der Waals surface area (Å²) in [6.45, 7) is 2.20. The van der Waals surface area contributed by atoms with Crippen LogP contribution in [0.1, 0.15) is 23.7 Å². The Morgan fingerprint density at radius 3 is 2.72 bits per heavy atom. The van der Waals surface area contributed by atoms with Crippen LogP contribution in [0.2, 0.25) is 0 Å². The van der Waals surface area contributed by atoms with Crippen molar-refractivity contribution in [2.24, 2.45) is 5.92 Å². The van der Waals surface area contributed by atoms with Crippen molar-refractivity contribution in [2.75, 3.05) is 13.1 Å². The lowest BCUT2D eigenvalue weighted by atomic mass is 9.91. The van der Waals surface area contributed by atoms with Gasteiger partial charge in [-0.05, 0) is 25.5 Å². The van der Waals surface area contributed by atoms with E-state index in [1.165, 1.54) is 6.92 Å². The third-order valence-corrected chi connectivity index (χ3v) is 3.52. The highest BCUT2D eigenvalue weighted by atomic mass is 19.1. The van der Waals surface area contributed by atoms with Gasteiger partial charge in [0.25, 0.3) is 5.91 Å². The third kappa shape index (κ3) is 2.70. The quantitative estimate of drug-likeness (QED) is 0.871. The monoisotopic (exact) mass is 251 g/mol. The van der Waals surface area contributed by atoms with Crippen LogP contribution in [-0.4, -0.2) is 41.3 Å². The number of carbonyl (C=O) groups excluding carboxylic acids is 1. The minimum Gasteiger partial charge on any atom is -0.393 e. The van der Waals surface area contributed by atoms with Crippen molar-refractivity contribution in [2.45, 2.75) is 25.6 Å². The number of alkyl halides is 1. The van der Waals surface area contributed by atoms with Crippen LogP contribution in [-0.2, 0) is 0 Å². The Morgan fingerprint density at radius 2 is 2.11 bits per heavy atom. The van der Waals surface area contributed by atoms with Crippen LogP contribution in [0.3, 0.4) is 0 Å². The van der Waals surface area contributed by atoms with Crippen molar-refractivity contribution in [1.82, 2.24) is 4.90 Å². The summed E-state index contributed by atoms with van der Waals surface area (Å²) in [7, 11) is 0. The van der Waals surface area contributed by atoms with E-state index in [2.05, 4.69) is 0 Å². The lowest BCUT2D eigenvalue weighted by Gasteiger charge is -2.37. The molecule has 0 aromatic heterocycles. The number of amides is 1. The first-order valence-corrected chi connectivity index (χ1v) is 6.26. The number of piperidine rings is 1. The Morgan fingerprint density at radius 1 is 1.44 bits per heavy atom. The van der Waals surface area contributed by atoms with Gasteiger partial charge in [-0.1, -0.05) is 18.2 Å². The number of likely N-dealkylation sites (tertiary alicyclic amines) is 1. The summed E-state index contributed by atoms with van der Waals surface area (Å²) in [6, 6.07) is 8.97. The topological polar surface area (TPSA) is 40.5 Å². The number of benzene rings is 1. The number of aliphatic hydroxyl groups is 1. The van der Waals surface area contributed by atoms with E-state index >= 15 is 0 Å². The summed E-state index contributed by atoms with van der Waals surface area (Å²) in [6.07, 6.45) is -1.31. The molecular formula is C14H18FNO2. The Kier molecular flexibility index (Phi) is 3.97. The van der Waals surface area contributed by atoms with Crippen LogP contribution >= 0.6 is 0 Å². The Bertz CT molecular complexity index is 408. The summed E-state index contributed by atoms with van der Waals surface area (Å²) < 4.78 is 13.4. The molecule has 0 aliphatic carbocycles. The molecule has 1 heterocycles. The SMILES string of the molecule is CC(F)C1CN(C(=O)c2ccccc2)CCC1O. The van der Waals surface area contributed by atoms with Crippen LogP contribution in [0.4, 0.5) is 4.39 Å². The summed E-state index contributed by atoms with van der Waals surface area (Å²) in [5, 5.41) is 9.73. The van der Waals surface area contributed by atoms with E-state index in [1.54, 1.807) is 29.2 Å². The normalized spacial score (nSPS) is 25.8. The van der Waals surface area contributed by atoms with Crippen molar-refractivity contribution in [1.29, 1.82) is 0 Å². The van der Waals surface area contributed by atoms with Gasteiger partial charge in [-0.3, -0.25) is 4.79 Å². The maximum absolute atomic E-state index is 13.4. The second-order valence-corrected chi connectivity index (χ2v) is 4.81. The average Bonchev–Trinajstić information content (AvgIpc) is 2.39. The molecule has 2 rings (SSSR count). The van der Waals surface area contributed by atoms with Crippen molar-refractivity contribution in [3.63, 3.8) is 0 Å². The maximum atomic E-state index is 13.4. The van der Waals surface area contributed by atoms with Crippen molar-refractivity contribution < 1.29 is 14.3 Å². The smallest absolute Gasteiger partial charge is 0.253 e. The van der Waals surface area contributed by atoms with Gasteiger partial charge >= 0.3 is 0 Å². The zero-order valence-corrected chi connectivity index (χ0v) is 10.4. The van der Waals surface area contributed by atoms with Gasteiger partial charge in [-0.2, -0.15) is 0 Å². The summed E-state index contributed by atoms with van der Waals surface area (Å²) in [4.78, 5) is 13.8. The Balaban J connectivity index is 2.08. The highest BCUT2D eigenvalue weighted by molar-refractivity contribution is 5.94. The van der Waals surface area contributed by atoms with Gasteiger partial charge in [0.05, 0.1) is 6.10 Å². The standard InChI is InChI=1S/C14H18FNO2/c1-10(15)12-9-16(8-7-13(12)17)14(18)11-5-3-2-4-6-11/h2-6,10,12-13,17H,7-9H2,1H3. The fourth-order valence-corrected chi connectivity index (χ4v) is 2.37. The first kappa shape index (κ1) is 13.0. The number of carbonyl (C=O) groups is 1. The van der Waals surface area contributed by atoms with Crippen molar-refractivity contribution in [3.8, 4) is 0 Å². The lowest BCUT2D eigenvalue weighted by Crippen LogP contribution is -2.48. The molecule has 0 spiro atoms. The molecule has 4 heteroatoms. The van der Waals surface area contributed by atoms with Gasteiger partial charge in [0, 0.05) is 24.6 Å². The molecule has 3 nitrogen and oxygen atoms in total. The number of aliphatic hydroxyl groups excluding tert-OH is 1. The molecular weight excluding hydrogens is 233 g/mol. The first-order chi connectivity index (χ1) is 8.59. The van der Waals surface area contributed by atoms with Crippen LogP contribution in [0.25, 0.3) is 0 Å². The van der Waals surface area contributed by atoms with E-state index in [9.17, 15) is 14.3 Å². The van der Waals surface area contributed by atoms with Crippen LogP contribution in [0, 0.1) is 5.92 Å². The number of hydrogen-bond donors (Lipinski definition) is 1. The maximum Gasteiger partial charge on any atom is 0.253 e. The highest BCUT2D eigenvalue weighted by Gasteiger charge is 2.34. The van der Waals surface area contributed by atoms with Gasteiger partial charge in [-0.15, -0.1) is 0 Å². The molecule has 1 fully saturated rings. The predicted octanol–water partition coefficient (Wildman–Crippen LogP) is 1.87. The summed E-state index contributed by atoms with van der Waals surface area (Å²) in [5.41, 5.74) is 0.610. The van der Waals surface area contributed by atoms with Gasteiger partial charge in [0.2, 0.25) is 0 Å². The highest BCUT2D eigenvalue weighted by Crippen LogP contribution is 2.23. The molecule has 1 aliphatic rings. The minimum absolute atomic E-state index is 0.0897. The molecule has 1 saturated heterocycles. The fraction of sp³-hybridized carbons (Fsp3) is 0.500. The molecule has 1 aromatic rings. The molecule has 18 heavy (non-hydrogen) atoms. The lowest BCUT2D eigenvalue weighted by molar-refractivity contribution is -0.00256. The van der Waals surface area contributed by atoms with Crippen LogP contribution in [0.15, 0.2) is 30.3 Å². The number of rotatable bonds is 2. The second kappa shape index (κ2) is 5.48. The molecule has 3 unspecified atom stereocenters. The van der Waals surface area contributed by atoms with Gasteiger partial charge in [-0.25, -0.2) is 4.39 Å². The Hall–Kier alpha value is -1.42. The summed E-state index contributed by atoms with van der Waals surface area (Å²) in [5.74, 6) is -0.570. The fourth-order valence-electron chi connectivity index (χ4n) is 2.37. The van der Waals surface area contributed by atoms with E-state index < -0.39 is 18.2 Å². The largest absolute Gasteiger partial charge is 0.393 e. The van der Waals surface area contributed by atoms with Gasteiger partial charge in [0.1, 0.15) is 6.17 Å². The van der Waals surface area contributed by atoms with Crippen molar-refractivity contribution >= 4 is 5.91 Å². The Labute approximate surface area is 106 Å². The van der Waals surface area contributed by atoms with Gasteiger partial charge < -0.3 is 10.0 Å². The van der Waals surface area contributed by atoms with E-state index in [4.69, 9.17) is 0 Å². The third-order valence-electron chi connectivity index (χ3n) is 3.52. The number of nitrogens with zero attached hydrogens (tertiary/aromatic N) is 1. The summed E-state index contributed by atoms with van der Waals surface area (Å²) >= 11 is 0. The number of hydrogen-bond acceptors (Lipinski definition) is 2. The molecule has 98 valence electrons.